The minimum absolute atomic E-state index is 0.270. The molecule has 138 valence electrons. The molecule has 0 saturated carbocycles. The van der Waals surface area contributed by atoms with Crippen molar-refractivity contribution < 1.29 is 14.3 Å². The van der Waals surface area contributed by atoms with Crippen molar-refractivity contribution in [1.29, 1.82) is 0 Å². The number of ether oxygens (including phenoxy) is 1. The van der Waals surface area contributed by atoms with E-state index in [2.05, 4.69) is 26.1 Å². The van der Waals surface area contributed by atoms with E-state index < -0.39 is 5.91 Å². The molecule has 1 aliphatic rings. The van der Waals surface area contributed by atoms with Gasteiger partial charge in [-0.05, 0) is 19.1 Å². The Labute approximate surface area is 155 Å². The Kier molecular flexibility index (Phi) is 6.03. The highest BCUT2D eigenvalue weighted by atomic mass is 32.1. The number of anilines is 2. The second kappa shape index (κ2) is 8.63. The van der Waals surface area contributed by atoms with Crippen molar-refractivity contribution in [2.24, 2.45) is 0 Å². The zero-order chi connectivity index (χ0) is 18.4. The normalized spacial score (nSPS) is 14.0. The minimum Gasteiger partial charge on any atom is -0.378 e. The van der Waals surface area contributed by atoms with Crippen LogP contribution in [0.5, 0.6) is 0 Å². The van der Waals surface area contributed by atoms with E-state index >= 15 is 0 Å². The van der Waals surface area contributed by atoms with Gasteiger partial charge in [-0.15, -0.1) is 0 Å². The summed E-state index contributed by atoms with van der Waals surface area (Å²) in [6.07, 6.45) is 0. The fourth-order valence-corrected chi connectivity index (χ4v) is 3.55. The lowest BCUT2D eigenvalue weighted by atomic mass is 10.2. The maximum Gasteiger partial charge on any atom is 0.291 e. The van der Waals surface area contributed by atoms with Gasteiger partial charge in [0, 0.05) is 25.2 Å². The highest BCUT2D eigenvalue weighted by Gasteiger charge is 2.22. The number of thiazole rings is 1. The lowest BCUT2D eigenvalue weighted by Gasteiger charge is -2.25. The maximum atomic E-state index is 12.5. The lowest BCUT2D eigenvalue weighted by Crippen LogP contribution is -2.42. The number of aromatic nitrogens is 1. The van der Waals surface area contributed by atoms with Crippen LogP contribution < -0.4 is 21.1 Å². The summed E-state index contributed by atoms with van der Waals surface area (Å²) in [5.41, 5.74) is 5.59. The van der Waals surface area contributed by atoms with Crippen molar-refractivity contribution in [1.82, 2.24) is 15.8 Å². The fraction of sp³-hybridized carbons (Fsp3) is 0.353. The number of hydrogen-bond donors (Lipinski definition) is 3. The van der Waals surface area contributed by atoms with Gasteiger partial charge in [-0.2, -0.15) is 0 Å². The van der Waals surface area contributed by atoms with Gasteiger partial charge in [0.05, 0.1) is 13.2 Å². The summed E-state index contributed by atoms with van der Waals surface area (Å²) in [6, 6.07) is 8.68. The van der Waals surface area contributed by atoms with Crippen molar-refractivity contribution in [3.05, 3.63) is 41.6 Å². The third kappa shape index (κ3) is 4.30. The summed E-state index contributed by atoms with van der Waals surface area (Å²) >= 11 is 1.42. The smallest absolute Gasteiger partial charge is 0.291 e. The number of rotatable bonds is 5. The van der Waals surface area contributed by atoms with E-state index in [0.29, 0.717) is 30.3 Å². The van der Waals surface area contributed by atoms with Gasteiger partial charge in [-0.3, -0.25) is 20.4 Å². The molecule has 0 bridgehead atoms. The first-order chi connectivity index (χ1) is 12.7. The molecule has 1 aromatic carbocycles. The number of amides is 2. The number of benzene rings is 1. The van der Waals surface area contributed by atoms with E-state index in [0.717, 1.165) is 18.2 Å². The first-order valence-electron chi connectivity index (χ1n) is 8.42. The van der Waals surface area contributed by atoms with Gasteiger partial charge in [0.15, 0.2) is 10.8 Å². The van der Waals surface area contributed by atoms with E-state index in [1.807, 2.05) is 13.0 Å². The van der Waals surface area contributed by atoms with Crippen LogP contribution in [0.2, 0.25) is 0 Å². The predicted molar refractivity (Wildman–Crippen MR) is 101 cm³/mol. The van der Waals surface area contributed by atoms with Gasteiger partial charge in [-0.25, -0.2) is 4.98 Å². The first kappa shape index (κ1) is 18.2. The van der Waals surface area contributed by atoms with Crippen LogP contribution in [-0.2, 0) is 4.74 Å². The van der Waals surface area contributed by atoms with E-state index in [1.54, 1.807) is 24.3 Å². The summed E-state index contributed by atoms with van der Waals surface area (Å²) in [5.74, 6) is -0.839. The summed E-state index contributed by atoms with van der Waals surface area (Å²) in [5, 5.41) is 4.61. The molecule has 0 unspecified atom stereocenters. The van der Waals surface area contributed by atoms with Crippen LogP contribution in [-0.4, -0.2) is 49.6 Å². The predicted octanol–water partition coefficient (Wildman–Crippen LogP) is 1.49. The Bertz CT molecular complexity index is 759. The molecule has 0 aliphatic carbocycles. The van der Waals surface area contributed by atoms with Gasteiger partial charge in [0.1, 0.15) is 5.00 Å². The Morgan fingerprint density at radius 1 is 1.15 bits per heavy atom. The average molecular weight is 375 g/mol. The van der Waals surface area contributed by atoms with Gasteiger partial charge in [0.25, 0.3) is 11.8 Å². The van der Waals surface area contributed by atoms with Gasteiger partial charge in [0.2, 0.25) is 0 Å². The van der Waals surface area contributed by atoms with Crippen LogP contribution in [0.25, 0.3) is 0 Å². The molecule has 1 aromatic heterocycles. The Morgan fingerprint density at radius 3 is 2.54 bits per heavy atom. The Hall–Kier alpha value is -2.65. The van der Waals surface area contributed by atoms with Crippen LogP contribution in [0.3, 0.4) is 0 Å². The maximum absolute atomic E-state index is 12.5. The summed E-state index contributed by atoms with van der Waals surface area (Å²) in [6.45, 7) is 5.39. The van der Waals surface area contributed by atoms with E-state index in [9.17, 15) is 9.59 Å². The van der Waals surface area contributed by atoms with Gasteiger partial charge < -0.3 is 15.0 Å². The van der Waals surface area contributed by atoms with Crippen molar-refractivity contribution in [2.45, 2.75) is 6.92 Å². The topological polar surface area (TPSA) is 95.6 Å². The number of hydrazine groups is 1. The van der Waals surface area contributed by atoms with Crippen LogP contribution in [0.4, 0.5) is 10.1 Å². The van der Waals surface area contributed by atoms with Crippen LogP contribution in [0, 0.1) is 0 Å². The van der Waals surface area contributed by atoms with Crippen molar-refractivity contribution in [3.8, 4) is 0 Å². The second-order valence-corrected chi connectivity index (χ2v) is 6.56. The third-order valence-electron chi connectivity index (χ3n) is 3.78. The van der Waals surface area contributed by atoms with Crippen LogP contribution in [0.15, 0.2) is 30.3 Å². The molecule has 8 nitrogen and oxygen atoms in total. The van der Waals surface area contributed by atoms with Crippen LogP contribution in [0.1, 0.15) is 27.8 Å². The molecule has 1 fully saturated rings. The lowest BCUT2D eigenvalue weighted by molar-refractivity contribution is 0.0844. The highest BCUT2D eigenvalue weighted by molar-refractivity contribution is 7.19. The molecular weight excluding hydrogens is 354 g/mol. The standard InChI is InChI=1S/C17H21N5O3S/c1-2-18-16-13(19-17(26-16)22-8-10-25-11-9-22)15(24)21-20-14(23)12-6-4-3-5-7-12/h3-7,18H,2,8-11H2,1H3,(H,20,23)(H,21,24). The molecule has 2 heterocycles. The van der Waals surface area contributed by atoms with Gasteiger partial charge >= 0.3 is 0 Å². The van der Waals surface area contributed by atoms with E-state index in [-0.39, 0.29) is 11.6 Å². The molecule has 26 heavy (non-hydrogen) atoms. The molecule has 0 atom stereocenters. The van der Waals surface area contributed by atoms with E-state index in [4.69, 9.17) is 4.74 Å². The monoisotopic (exact) mass is 375 g/mol. The fourth-order valence-electron chi connectivity index (χ4n) is 2.47. The zero-order valence-electron chi connectivity index (χ0n) is 14.4. The second-order valence-electron chi connectivity index (χ2n) is 5.58. The molecule has 9 heteroatoms. The minimum atomic E-state index is -0.457. The number of carbonyl (C=O) groups excluding carboxylic acids is 2. The van der Waals surface area contributed by atoms with Gasteiger partial charge in [-0.1, -0.05) is 29.5 Å². The molecule has 0 spiro atoms. The average Bonchev–Trinajstić information content (AvgIpc) is 3.11. The molecule has 3 rings (SSSR count). The van der Waals surface area contributed by atoms with E-state index in [1.165, 1.54) is 11.3 Å². The molecule has 1 aliphatic heterocycles. The number of carbonyl (C=O) groups is 2. The molecule has 1 saturated heterocycles. The van der Waals surface area contributed by atoms with Crippen molar-refractivity contribution in [2.75, 3.05) is 43.1 Å². The number of hydrogen-bond acceptors (Lipinski definition) is 7. The molecule has 0 radical (unpaired) electrons. The molecule has 2 amide bonds. The quantitative estimate of drug-likeness (QED) is 0.686. The summed E-state index contributed by atoms with van der Waals surface area (Å²) < 4.78 is 5.35. The number of nitrogens with zero attached hydrogens (tertiary/aromatic N) is 2. The largest absolute Gasteiger partial charge is 0.378 e. The number of morpholine rings is 1. The van der Waals surface area contributed by atoms with Crippen molar-refractivity contribution in [3.63, 3.8) is 0 Å². The highest BCUT2D eigenvalue weighted by Crippen LogP contribution is 2.31. The zero-order valence-corrected chi connectivity index (χ0v) is 15.3. The number of nitrogens with one attached hydrogen (secondary N) is 3. The summed E-state index contributed by atoms with van der Waals surface area (Å²) in [4.78, 5) is 31.1. The van der Waals surface area contributed by atoms with Crippen LogP contribution >= 0.6 is 11.3 Å². The SMILES string of the molecule is CCNc1sc(N2CCOCC2)nc1C(=O)NNC(=O)c1ccccc1. The Balaban J connectivity index is 1.69. The third-order valence-corrected chi connectivity index (χ3v) is 4.85. The Morgan fingerprint density at radius 2 is 1.85 bits per heavy atom. The first-order valence-corrected chi connectivity index (χ1v) is 9.23. The molecule has 3 N–H and O–H groups in total. The summed E-state index contributed by atoms with van der Waals surface area (Å²) in [7, 11) is 0. The molecule has 2 aromatic rings. The van der Waals surface area contributed by atoms with Crippen molar-refractivity contribution >= 4 is 33.3 Å². The molecular formula is C17H21N5O3S.